The summed E-state index contributed by atoms with van der Waals surface area (Å²) in [7, 11) is -3.98. The minimum absolute atomic E-state index is 0.0353. The number of anilines is 1. The lowest BCUT2D eigenvalue weighted by molar-refractivity contribution is 0.109. The maximum absolute atomic E-state index is 13.6. The van der Waals surface area contributed by atoms with E-state index in [1.165, 1.54) is 17.4 Å². The molecule has 1 fully saturated rings. The summed E-state index contributed by atoms with van der Waals surface area (Å²) >= 11 is 1.46. The first kappa shape index (κ1) is 33.4. The van der Waals surface area contributed by atoms with Crippen molar-refractivity contribution < 1.29 is 27.5 Å². The van der Waals surface area contributed by atoms with E-state index in [0.717, 1.165) is 36.3 Å². The molecule has 1 aliphatic rings. The molecule has 2 amide bonds. The van der Waals surface area contributed by atoms with Crippen molar-refractivity contribution in [2.75, 3.05) is 5.32 Å². The quantitative estimate of drug-likeness (QED) is 0.222. The van der Waals surface area contributed by atoms with Gasteiger partial charge in [-0.05, 0) is 84.9 Å². The number of nitrogens with one attached hydrogen (secondary N) is 3. The van der Waals surface area contributed by atoms with E-state index in [0.29, 0.717) is 16.1 Å². The summed E-state index contributed by atoms with van der Waals surface area (Å²) in [6.07, 6.45) is 3.27. The molecule has 3 N–H and O–H groups in total. The summed E-state index contributed by atoms with van der Waals surface area (Å²) in [4.78, 5) is 30.1. The molecule has 0 radical (unpaired) electrons. The smallest absolute Gasteiger partial charge is 0.412 e. The molecule has 238 valence electrons. The van der Waals surface area contributed by atoms with Crippen molar-refractivity contribution >= 4 is 39.2 Å². The van der Waals surface area contributed by atoms with Crippen LogP contribution in [0.25, 0.3) is 10.4 Å². The van der Waals surface area contributed by atoms with Gasteiger partial charge < -0.3 is 14.8 Å². The van der Waals surface area contributed by atoms with Gasteiger partial charge in [0.15, 0.2) is 0 Å². The lowest BCUT2D eigenvalue weighted by Crippen LogP contribution is -2.40. The maximum Gasteiger partial charge on any atom is 0.412 e. The predicted octanol–water partition coefficient (Wildman–Crippen LogP) is 7.36. The Bertz CT molecular complexity index is 1540. The number of ether oxygens (including phenoxy) is 2. The minimum atomic E-state index is -3.98. The highest BCUT2D eigenvalue weighted by Crippen LogP contribution is 2.40. The van der Waals surface area contributed by atoms with Crippen molar-refractivity contribution in [1.29, 1.82) is 0 Å². The summed E-state index contributed by atoms with van der Waals surface area (Å²) in [5.74, 6) is 0.211. The van der Waals surface area contributed by atoms with E-state index in [-0.39, 0.29) is 23.0 Å². The van der Waals surface area contributed by atoms with Crippen LogP contribution < -0.4 is 15.4 Å². The Morgan fingerprint density at radius 1 is 0.955 bits per heavy atom. The van der Waals surface area contributed by atoms with Crippen LogP contribution >= 0.6 is 11.3 Å². The monoisotopic (exact) mass is 642 g/mol. The van der Waals surface area contributed by atoms with Gasteiger partial charge in [-0.2, -0.15) is 0 Å². The van der Waals surface area contributed by atoms with Crippen LogP contribution in [0, 0.1) is 0 Å². The number of carbonyl (C=O) groups is 2. The highest BCUT2D eigenvalue weighted by atomic mass is 32.2. The third-order valence-corrected chi connectivity index (χ3v) is 10.0. The van der Waals surface area contributed by atoms with Gasteiger partial charge in [-0.25, -0.2) is 27.7 Å². The number of thiazole rings is 1. The van der Waals surface area contributed by atoms with Crippen LogP contribution in [0.5, 0.6) is 0 Å². The van der Waals surface area contributed by atoms with Gasteiger partial charge in [-0.3, -0.25) is 5.32 Å². The zero-order valence-corrected chi connectivity index (χ0v) is 27.7. The minimum Gasteiger partial charge on any atom is -0.447 e. The van der Waals surface area contributed by atoms with Crippen LogP contribution in [-0.4, -0.2) is 43.3 Å². The zero-order chi connectivity index (χ0) is 32.1. The fourth-order valence-corrected chi connectivity index (χ4v) is 7.94. The van der Waals surface area contributed by atoms with E-state index >= 15 is 0 Å². The molecule has 1 heterocycles. The molecule has 3 aromatic rings. The summed E-state index contributed by atoms with van der Waals surface area (Å²) in [5, 5.41) is 6.55. The number of hydrogen-bond donors (Lipinski definition) is 3. The standard InChI is InChI=1S/C32H42N4O6S2/c1-20(2)41-30(37)34-24-14-12-23(13-15-24)29-33-19-27(43-29)26-17-16-25(18-28(26)44(39,40)36-32(4,5)6)35-31(38)42-21(3)22-10-8-7-9-11-22/h7-11,16-21,23-24,36H,12-15H2,1-6H3,(H,34,37)(H,35,38)/t21-,23-,24-/m0/s1. The largest absolute Gasteiger partial charge is 0.447 e. The van der Waals surface area contributed by atoms with Gasteiger partial charge in [0, 0.05) is 34.9 Å². The van der Waals surface area contributed by atoms with Crippen molar-refractivity contribution in [1.82, 2.24) is 15.0 Å². The fourth-order valence-electron chi connectivity index (χ4n) is 5.08. The van der Waals surface area contributed by atoms with Gasteiger partial charge in [0.25, 0.3) is 0 Å². The normalized spacial score (nSPS) is 18.0. The number of benzene rings is 2. The SMILES string of the molecule is CC(C)OC(=O)N[C@H]1CC[C@H](c2ncc(-c3ccc(NC(=O)O[C@@H](C)c4ccccc4)cc3S(=O)(=O)NC(C)(C)C)s2)CC1. The molecule has 0 bridgehead atoms. The Kier molecular flexibility index (Phi) is 10.7. The van der Waals surface area contributed by atoms with Crippen molar-refractivity contribution in [3.63, 3.8) is 0 Å². The number of nitrogens with zero attached hydrogens (tertiary/aromatic N) is 1. The Labute approximate surface area is 264 Å². The molecule has 0 unspecified atom stereocenters. The maximum atomic E-state index is 13.6. The molecule has 2 aromatic carbocycles. The Morgan fingerprint density at radius 2 is 1.64 bits per heavy atom. The molecule has 1 aromatic heterocycles. The molecule has 10 nitrogen and oxygen atoms in total. The second-order valence-corrected chi connectivity index (χ2v) is 15.1. The lowest BCUT2D eigenvalue weighted by Gasteiger charge is -2.28. The number of aromatic nitrogens is 1. The van der Waals surface area contributed by atoms with E-state index < -0.39 is 33.9 Å². The van der Waals surface area contributed by atoms with Crippen molar-refractivity contribution in [2.24, 2.45) is 0 Å². The highest BCUT2D eigenvalue weighted by Gasteiger charge is 2.29. The molecule has 44 heavy (non-hydrogen) atoms. The average molecular weight is 643 g/mol. The van der Waals surface area contributed by atoms with Crippen LogP contribution in [0.4, 0.5) is 15.3 Å². The van der Waals surface area contributed by atoms with Crippen LogP contribution in [0.15, 0.2) is 59.6 Å². The third kappa shape index (κ3) is 9.26. The summed E-state index contributed by atoms with van der Waals surface area (Å²) in [5.41, 5.74) is 0.903. The molecule has 0 aliphatic heterocycles. The third-order valence-electron chi connectivity index (χ3n) is 7.04. The molecule has 12 heteroatoms. The molecular weight excluding hydrogens is 601 g/mol. The second-order valence-electron chi connectivity index (χ2n) is 12.4. The summed E-state index contributed by atoms with van der Waals surface area (Å²) in [6.45, 7) is 10.7. The van der Waals surface area contributed by atoms with Crippen LogP contribution in [0.2, 0.25) is 0 Å². The predicted molar refractivity (Wildman–Crippen MR) is 172 cm³/mol. The van der Waals surface area contributed by atoms with Crippen LogP contribution in [-0.2, 0) is 19.5 Å². The Hall–Kier alpha value is -3.48. The van der Waals surface area contributed by atoms with Gasteiger partial charge >= 0.3 is 12.2 Å². The Morgan fingerprint density at radius 3 is 2.27 bits per heavy atom. The molecule has 4 rings (SSSR count). The summed E-state index contributed by atoms with van der Waals surface area (Å²) < 4.78 is 40.7. The van der Waals surface area contributed by atoms with Gasteiger partial charge in [0.05, 0.1) is 20.9 Å². The fraction of sp³-hybridized carbons (Fsp3) is 0.469. The van der Waals surface area contributed by atoms with Crippen LogP contribution in [0.1, 0.15) is 89.8 Å². The van der Waals surface area contributed by atoms with Gasteiger partial charge in [-0.1, -0.05) is 36.4 Å². The van der Waals surface area contributed by atoms with Crippen molar-refractivity contribution in [3.8, 4) is 10.4 Å². The van der Waals surface area contributed by atoms with Crippen molar-refractivity contribution in [3.05, 3.63) is 65.3 Å². The number of alkyl carbamates (subject to hydrolysis) is 1. The topological polar surface area (TPSA) is 136 Å². The second kappa shape index (κ2) is 14.1. The summed E-state index contributed by atoms with van der Waals surface area (Å²) in [6, 6.07) is 14.2. The average Bonchev–Trinajstić information content (AvgIpc) is 3.42. The van der Waals surface area contributed by atoms with Gasteiger partial charge in [0.1, 0.15) is 6.10 Å². The molecule has 1 atom stereocenters. The highest BCUT2D eigenvalue weighted by molar-refractivity contribution is 7.89. The van der Waals surface area contributed by atoms with E-state index in [1.54, 1.807) is 46.0 Å². The number of carbonyl (C=O) groups excluding carboxylic acids is 2. The van der Waals surface area contributed by atoms with Crippen molar-refractivity contribution in [2.45, 2.75) is 102 Å². The zero-order valence-electron chi connectivity index (χ0n) is 26.0. The van der Waals surface area contributed by atoms with Crippen LogP contribution in [0.3, 0.4) is 0 Å². The van der Waals surface area contributed by atoms with E-state index in [4.69, 9.17) is 9.47 Å². The number of rotatable bonds is 9. The van der Waals surface area contributed by atoms with E-state index in [1.807, 2.05) is 44.2 Å². The first-order valence-electron chi connectivity index (χ1n) is 14.8. The molecule has 0 spiro atoms. The van der Waals surface area contributed by atoms with E-state index in [2.05, 4.69) is 20.3 Å². The lowest BCUT2D eigenvalue weighted by atomic mass is 9.86. The molecule has 0 saturated heterocycles. The van der Waals surface area contributed by atoms with E-state index in [9.17, 15) is 18.0 Å². The van der Waals surface area contributed by atoms with Gasteiger partial charge in [0.2, 0.25) is 10.0 Å². The molecular formula is C32H42N4O6S2. The molecule has 1 aliphatic carbocycles. The Balaban J connectivity index is 1.52. The number of hydrogen-bond acceptors (Lipinski definition) is 8. The molecule has 1 saturated carbocycles. The number of sulfonamides is 1. The number of amides is 2. The first-order valence-corrected chi connectivity index (χ1v) is 17.1. The van der Waals surface area contributed by atoms with Gasteiger partial charge in [-0.15, -0.1) is 11.3 Å². The first-order chi connectivity index (χ1) is 20.7.